The summed E-state index contributed by atoms with van der Waals surface area (Å²) in [6.07, 6.45) is 4.31. The number of amides is 1. The standard InChI is InChI=1S/C15H21N5O/c1-4-7-16-13-10-12(5-8-17-13)15(21)19-14-6-9-18-20(14)11(2)3/h5-6,8-11H,4,7H2,1-3H3,(H,16,17)(H,19,21). The quantitative estimate of drug-likeness (QED) is 0.857. The summed E-state index contributed by atoms with van der Waals surface area (Å²) in [7, 11) is 0. The summed E-state index contributed by atoms with van der Waals surface area (Å²) in [6, 6.07) is 5.42. The van der Waals surface area contributed by atoms with Crippen LogP contribution in [0, 0.1) is 0 Å². The predicted octanol–water partition coefficient (Wildman–Crippen LogP) is 2.93. The van der Waals surface area contributed by atoms with E-state index >= 15 is 0 Å². The zero-order chi connectivity index (χ0) is 15.2. The maximum Gasteiger partial charge on any atom is 0.256 e. The highest BCUT2D eigenvalue weighted by molar-refractivity contribution is 6.04. The number of rotatable bonds is 6. The van der Waals surface area contributed by atoms with Crippen molar-refractivity contribution in [2.24, 2.45) is 0 Å². The van der Waals surface area contributed by atoms with Crippen molar-refractivity contribution in [2.75, 3.05) is 17.2 Å². The van der Waals surface area contributed by atoms with Crippen LogP contribution in [0.25, 0.3) is 0 Å². The largest absolute Gasteiger partial charge is 0.370 e. The Morgan fingerprint density at radius 2 is 2.14 bits per heavy atom. The molecule has 2 aromatic heterocycles. The molecule has 0 spiro atoms. The highest BCUT2D eigenvalue weighted by Gasteiger charge is 2.11. The second-order valence-corrected chi connectivity index (χ2v) is 5.07. The Morgan fingerprint density at radius 3 is 2.86 bits per heavy atom. The van der Waals surface area contributed by atoms with Crippen molar-refractivity contribution in [1.82, 2.24) is 14.8 Å². The smallest absolute Gasteiger partial charge is 0.256 e. The molecule has 0 aliphatic rings. The minimum absolute atomic E-state index is 0.167. The Morgan fingerprint density at radius 1 is 1.33 bits per heavy atom. The maximum atomic E-state index is 12.3. The third-order valence-corrected chi connectivity index (χ3v) is 2.98. The number of nitrogens with zero attached hydrogens (tertiary/aromatic N) is 3. The molecule has 1 amide bonds. The van der Waals surface area contributed by atoms with Gasteiger partial charge >= 0.3 is 0 Å². The lowest BCUT2D eigenvalue weighted by Gasteiger charge is -2.12. The summed E-state index contributed by atoms with van der Waals surface area (Å²) in [6.45, 7) is 6.94. The first-order chi connectivity index (χ1) is 10.1. The van der Waals surface area contributed by atoms with Gasteiger partial charge in [-0.3, -0.25) is 4.79 Å². The van der Waals surface area contributed by atoms with E-state index in [0.29, 0.717) is 17.2 Å². The first-order valence-electron chi connectivity index (χ1n) is 7.16. The third-order valence-electron chi connectivity index (χ3n) is 2.98. The monoisotopic (exact) mass is 287 g/mol. The Balaban J connectivity index is 2.11. The van der Waals surface area contributed by atoms with E-state index in [-0.39, 0.29) is 11.9 Å². The van der Waals surface area contributed by atoms with Gasteiger partial charge in [-0.2, -0.15) is 5.10 Å². The Bertz CT molecular complexity index is 606. The van der Waals surface area contributed by atoms with Crippen LogP contribution < -0.4 is 10.6 Å². The summed E-state index contributed by atoms with van der Waals surface area (Å²) >= 11 is 0. The van der Waals surface area contributed by atoms with Crippen molar-refractivity contribution >= 4 is 17.5 Å². The van der Waals surface area contributed by atoms with Crippen LogP contribution in [-0.4, -0.2) is 27.2 Å². The van der Waals surface area contributed by atoms with Crippen molar-refractivity contribution in [3.8, 4) is 0 Å². The van der Waals surface area contributed by atoms with Crippen LogP contribution in [0.15, 0.2) is 30.6 Å². The molecule has 6 nitrogen and oxygen atoms in total. The summed E-state index contributed by atoms with van der Waals surface area (Å²) in [5, 5.41) is 10.2. The van der Waals surface area contributed by atoms with Gasteiger partial charge in [-0.05, 0) is 32.4 Å². The number of hydrogen-bond donors (Lipinski definition) is 2. The van der Waals surface area contributed by atoms with Crippen LogP contribution in [0.5, 0.6) is 0 Å². The van der Waals surface area contributed by atoms with E-state index < -0.39 is 0 Å². The molecule has 0 aliphatic heterocycles. The number of carbonyl (C=O) groups excluding carboxylic acids is 1. The van der Waals surface area contributed by atoms with Gasteiger partial charge in [0.1, 0.15) is 11.6 Å². The van der Waals surface area contributed by atoms with Crippen LogP contribution >= 0.6 is 0 Å². The molecular formula is C15H21N5O. The number of aromatic nitrogens is 3. The predicted molar refractivity (Wildman–Crippen MR) is 83.6 cm³/mol. The number of pyridine rings is 1. The van der Waals surface area contributed by atoms with Crippen molar-refractivity contribution < 1.29 is 4.79 Å². The fourth-order valence-corrected chi connectivity index (χ4v) is 1.93. The van der Waals surface area contributed by atoms with E-state index in [0.717, 1.165) is 13.0 Å². The molecule has 6 heteroatoms. The fourth-order valence-electron chi connectivity index (χ4n) is 1.93. The van der Waals surface area contributed by atoms with Crippen molar-refractivity contribution in [3.05, 3.63) is 36.2 Å². The molecule has 0 fully saturated rings. The van der Waals surface area contributed by atoms with Crippen LogP contribution in [-0.2, 0) is 0 Å². The van der Waals surface area contributed by atoms with Gasteiger partial charge in [-0.25, -0.2) is 9.67 Å². The molecule has 2 rings (SSSR count). The minimum Gasteiger partial charge on any atom is -0.370 e. The van der Waals surface area contributed by atoms with Crippen molar-refractivity contribution in [3.63, 3.8) is 0 Å². The topological polar surface area (TPSA) is 71.8 Å². The maximum absolute atomic E-state index is 12.3. The highest BCUT2D eigenvalue weighted by atomic mass is 16.1. The first kappa shape index (κ1) is 15.0. The minimum atomic E-state index is -0.167. The SMILES string of the molecule is CCCNc1cc(C(=O)Nc2ccnn2C(C)C)ccn1. The van der Waals surface area contributed by atoms with Gasteiger partial charge in [0.15, 0.2) is 0 Å². The van der Waals surface area contributed by atoms with Crippen molar-refractivity contribution in [1.29, 1.82) is 0 Å². The second-order valence-electron chi connectivity index (χ2n) is 5.07. The van der Waals surface area contributed by atoms with Gasteiger partial charge in [-0.15, -0.1) is 0 Å². The lowest BCUT2D eigenvalue weighted by Crippen LogP contribution is -2.17. The van der Waals surface area contributed by atoms with Crippen LogP contribution in [0.2, 0.25) is 0 Å². The second kappa shape index (κ2) is 6.88. The molecule has 2 aromatic rings. The Hall–Kier alpha value is -2.37. The summed E-state index contributed by atoms with van der Waals surface area (Å²) in [5.74, 6) is 1.23. The number of anilines is 2. The Kier molecular flexibility index (Phi) is 4.92. The zero-order valence-corrected chi connectivity index (χ0v) is 12.6. The average Bonchev–Trinajstić information content (AvgIpc) is 2.93. The van der Waals surface area contributed by atoms with E-state index in [4.69, 9.17) is 0 Å². The van der Waals surface area contributed by atoms with Gasteiger partial charge in [0.2, 0.25) is 0 Å². The molecule has 0 aliphatic carbocycles. The molecule has 0 saturated heterocycles. The normalized spacial score (nSPS) is 10.7. The number of hydrogen-bond acceptors (Lipinski definition) is 4. The van der Waals surface area contributed by atoms with E-state index in [1.165, 1.54) is 0 Å². The van der Waals surface area contributed by atoms with Gasteiger partial charge in [0.05, 0.1) is 6.20 Å². The summed E-state index contributed by atoms with van der Waals surface area (Å²) in [4.78, 5) is 16.5. The lowest BCUT2D eigenvalue weighted by molar-refractivity contribution is 0.102. The third kappa shape index (κ3) is 3.81. The molecule has 0 bridgehead atoms. The van der Waals surface area contributed by atoms with E-state index in [1.807, 2.05) is 13.8 Å². The molecule has 112 valence electrons. The molecule has 0 saturated carbocycles. The van der Waals surface area contributed by atoms with Gasteiger partial charge in [0.25, 0.3) is 5.91 Å². The van der Waals surface area contributed by atoms with Gasteiger partial charge < -0.3 is 10.6 Å². The molecule has 21 heavy (non-hydrogen) atoms. The molecular weight excluding hydrogens is 266 g/mol. The molecule has 0 aromatic carbocycles. The zero-order valence-electron chi connectivity index (χ0n) is 12.6. The van der Waals surface area contributed by atoms with Gasteiger partial charge in [-0.1, -0.05) is 6.92 Å². The number of nitrogens with one attached hydrogen (secondary N) is 2. The number of carbonyl (C=O) groups is 1. The summed E-state index contributed by atoms with van der Waals surface area (Å²) < 4.78 is 1.77. The fraction of sp³-hybridized carbons (Fsp3) is 0.400. The van der Waals surface area contributed by atoms with Crippen LogP contribution in [0.3, 0.4) is 0 Å². The van der Waals surface area contributed by atoms with Gasteiger partial charge in [0, 0.05) is 30.4 Å². The van der Waals surface area contributed by atoms with Crippen molar-refractivity contribution in [2.45, 2.75) is 33.2 Å². The van der Waals surface area contributed by atoms with E-state index in [9.17, 15) is 4.79 Å². The molecule has 0 atom stereocenters. The van der Waals surface area contributed by atoms with E-state index in [1.54, 1.807) is 35.3 Å². The average molecular weight is 287 g/mol. The molecule has 0 radical (unpaired) electrons. The molecule has 2 N–H and O–H groups in total. The lowest BCUT2D eigenvalue weighted by atomic mass is 10.2. The first-order valence-corrected chi connectivity index (χ1v) is 7.16. The Labute approximate surface area is 124 Å². The molecule has 2 heterocycles. The van der Waals surface area contributed by atoms with E-state index in [2.05, 4.69) is 27.6 Å². The summed E-state index contributed by atoms with van der Waals surface area (Å²) in [5.41, 5.74) is 0.570. The molecule has 0 unspecified atom stereocenters. The van der Waals surface area contributed by atoms with Crippen LogP contribution in [0.4, 0.5) is 11.6 Å². The highest BCUT2D eigenvalue weighted by Crippen LogP contribution is 2.15. The van der Waals surface area contributed by atoms with Crippen LogP contribution in [0.1, 0.15) is 43.6 Å².